The molecule has 0 saturated carbocycles. The first-order valence-electron chi connectivity index (χ1n) is 18.0. The molecule has 0 bridgehead atoms. The standard InChI is InChI=1S/C18H37NO3.C18H37NO2/c1-2-3-4-5-6-7-8-9-10-11-12-16(21)13-14-18(22)17(19)15-20;1-2-3-4-5-6-7-8-9-10-11-12-13-14-15-18(21)17(19)16-20/h13-14,16-18,20-22H,2-12,15,19H2,1H3;14-15,17-18,20-21H,2-13,16,19H2,1H3/b14-13-;15-14+/t16?,17-,18+;17-,18+/m00/s1. The molecule has 0 spiro atoms. The Morgan fingerprint density at radius 2 is 0.814 bits per heavy atom. The van der Waals surface area contributed by atoms with Crippen LogP contribution in [0.2, 0.25) is 0 Å². The van der Waals surface area contributed by atoms with Crippen molar-refractivity contribution < 1.29 is 25.5 Å². The molecule has 1 unspecified atom stereocenters. The van der Waals surface area contributed by atoms with Gasteiger partial charge in [-0.25, -0.2) is 0 Å². The summed E-state index contributed by atoms with van der Waals surface area (Å²) in [5.41, 5.74) is 11.0. The second kappa shape index (κ2) is 35.7. The van der Waals surface area contributed by atoms with Crippen LogP contribution in [-0.4, -0.2) is 69.1 Å². The van der Waals surface area contributed by atoms with E-state index in [1.165, 1.54) is 128 Å². The molecule has 0 saturated heterocycles. The fourth-order valence-electron chi connectivity index (χ4n) is 4.84. The Morgan fingerprint density at radius 1 is 0.465 bits per heavy atom. The number of unbranched alkanes of at least 4 members (excludes halogenated alkanes) is 20. The van der Waals surface area contributed by atoms with Crippen molar-refractivity contribution in [1.82, 2.24) is 0 Å². The summed E-state index contributed by atoms with van der Waals surface area (Å²) >= 11 is 0. The molecule has 5 atom stereocenters. The Bertz CT molecular complexity index is 590. The molecule has 0 radical (unpaired) electrons. The fraction of sp³-hybridized carbons (Fsp3) is 0.889. The maximum Gasteiger partial charge on any atom is 0.0895 e. The van der Waals surface area contributed by atoms with Crippen molar-refractivity contribution in [3.05, 3.63) is 24.3 Å². The van der Waals surface area contributed by atoms with E-state index >= 15 is 0 Å². The zero-order chi connectivity index (χ0) is 32.4. The second-order valence-electron chi connectivity index (χ2n) is 12.3. The predicted molar refractivity (Wildman–Crippen MR) is 184 cm³/mol. The minimum absolute atomic E-state index is 0.177. The minimum atomic E-state index is -0.896. The summed E-state index contributed by atoms with van der Waals surface area (Å²) in [4.78, 5) is 0. The van der Waals surface area contributed by atoms with Crippen molar-refractivity contribution in [1.29, 1.82) is 0 Å². The molecule has 9 N–H and O–H groups in total. The lowest BCUT2D eigenvalue weighted by Gasteiger charge is -2.13. The third-order valence-electron chi connectivity index (χ3n) is 7.99. The molecule has 7 heteroatoms. The fourth-order valence-corrected chi connectivity index (χ4v) is 4.84. The number of hydrogen-bond acceptors (Lipinski definition) is 7. The van der Waals surface area contributed by atoms with Crippen LogP contribution in [0.3, 0.4) is 0 Å². The Balaban J connectivity index is 0. The topological polar surface area (TPSA) is 153 Å². The number of nitrogens with two attached hydrogens (primary N) is 2. The van der Waals surface area contributed by atoms with Gasteiger partial charge in [0.15, 0.2) is 0 Å². The molecule has 7 nitrogen and oxygen atoms in total. The molecule has 0 aliphatic carbocycles. The van der Waals surface area contributed by atoms with Crippen molar-refractivity contribution in [3.8, 4) is 0 Å². The van der Waals surface area contributed by atoms with E-state index < -0.39 is 30.4 Å². The van der Waals surface area contributed by atoms with Crippen LogP contribution in [0.1, 0.15) is 162 Å². The van der Waals surface area contributed by atoms with Gasteiger partial charge < -0.3 is 37.0 Å². The highest BCUT2D eigenvalue weighted by molar-refractivity contribution is 4.97. The first-order chi connectivity index (χ1) is 20.8. The zero-order valence-electron chi connectivity index (χ0n) is 28.3. The summed E-state index contributed by atoms with van der Waals surface area (Å²) in [6.07, 6.45) is 33.9. The van der Waals surface area contributed by atoms with Crippen LogP contribution < -0.4 is 11.5 Å². The van der Waals surface area contributed by atoms with E-state index in [-0.39, 0.29) is 13.2 Å². The molecule has 0 aromatic rings. The lowest BCUT2D eigenvalue weighted by Crippen LogP contribution is -2.36. The van der Waals surface area contributed by atoms with Crippen molar-refractivity contribution in [3.63, 3.8) is 0 Å². The Morgan fingerprint density at radius 3 is 1.21 bits per heavy atom. The normalized spacial score (nSPS) is 15.4. The molecular weight excluding hydrogens is 540 g/mol. The van der Waals surface area contributed by atoms with Crippen LogP contribution in [-0.2, 0) is 0 Å². The van der Waals surface area contributed by atoms with Gasteiger partial charge in [0, 0.05) is 0 Å². The van der Waals surface area contributed by atoms with Crippen LogP contribution in [0.15, 0.2) is 24.3 Å². The predicted octanol–water partition coefficient (Wildman–Crippen LogP) is 6.82. The molecular formula is C36H74N2O5. The van der Waals surface area contributed by atoms with Crippen molar-refractivity contribution in [2.75, 3.05) is 13.2 Å². The Kier molecular flexibility index (Phi) is 36.8. The van der Waals surface area contributed by atoms with Crippen LogP contribution in [0.5, 0.6) is 0 Å². The van der Waals surface area contributed by atoms with Gasteiger partial charge in [0.05, 0.1) is 43.6 Å². The Hall–Kier alpha value is -0.800. The smallest absolute Gasteiger partial charge is 0.0895 e. The van der Waals surface area contributed by atoms with E-state index in [0.29, 0.717) is 6.42 Å². The summed E-state index contributed by atoms with van der Waals surface area (Å²) in [7, 11) is 0. The maximum atomic E-state index is 9.77. The highest BCUT2D eigenvalue weighted by atomic mass is 16.3. The number of aliphatic hydroxyl groups excluding tert-OH is 5. The molecule has 0 fully saturated rings. The van der Waals surface area contributed by atoms with Gasteiger partial charge >= 0.3 is 0 Å². The molecule has 0 heterocycles. The second-order valence-corrected chi connectivity index (χ2v) is 12.3. The number of rotatable bonds is 30. The Labute approximate surface area is 266 Å². The SMILES string of the molecule is CCCCCCCCCCCCC(O)/C=C\[C@@H](O)[C@@H](N)CO.CCCCCCCCCCCCC/C=C/[C@@H](O)[C@@H](N)CO. The summed E-state index contributed by atoms with van der Waals surface area (Å²) in [5.74, 6) is 0. The van der Waals surface area contributed by atoms with Gasteiger partial charge in [-0.3, -0.25) is 0 Å². The number of aliphatic hydroxyl groups is 5. The summed E-state index contributed by atoms with van der Waals surface area (Å²) in [6.45, 7) is 4.06. The molecule has 0 aromatic heterocycles. The summed E-state index contributed by atoms with van der Waals surface area (Å²) in [6, 6.07) is -1.24. The zero-order valence-corrected chi connectivity index (χ0v) is 28.3. The van der Waals surface area contributed by atoms with E-state index in [0.717, 1.165) is 19.3 Å². The average Bonchev–Trinajstić information content (AvgIpc) is 3.02. The van der Waals surface area contributed by atoms with Crippen LogP contribution in [0, 0.1) is 0 Å². The van der Waals surface area contributed by atoms with Crippen LogP contribution >= 0.6 is 0 Å². The third kappa shape index (κ3) is 33.9. The summed E-state index contributed by atoms with van der Waals surface area (Å²) in [5, 5.41) is 46.4. The van der Waals surface area contributed by atoms with Crippen LogP contribution in [0.25, 0.3) is 0 Å². The minimum Gasteiger partial charge on any atom is -0.395 e. The molecule has 258 valence electrons. The van der Waals surface area contributed by atoms with Gasteiger partial charge in [-0.2, -0.15) is 0 Å². The van der Waals surface area contributed by atoms with E-state index in [1.807, 2.05) is 6.08 Å². The van der Waals surface area contributed by atoms with E-state index in [2.05, 4.69) is 13.8 Å². The number of hydrogen-bond donors (Lipinski definition) is 7. The highest BCUT2D eigenvalue weighted by Crippen LogP contribution is 2.13. The largest absolute Gasteiger partial charge is 0.395 e. The van der Waals surface area contributed by atoms with Gasteiger partial charge in [0.2, 0.25) is 0 Å². The lowest BCUT2D eigenvalue weighted by atomic mass is 10.0. The molecule has 0 aromatic carbocycles. The number of allylic oxidation sites excluding steroid dienone is 1. The van der Waals surface area contributed by atoms with Crippen molar-refractivity contribution >= 4 is 0 Å². The van der Waals surface area contributed by atoms with Gasteiger partial charge in [-0.15, -0.1) is 0 Å². The van der Waals surface area contributed by atoms with Crippen molar-refractivity contribution in [2.24, 2.45) is 11.5 Å². The molecule has 43 heavy (non-hydrogen) atoms. The van der Waals surface area contributed by atoms with Crippen LogP contribution in [0.4, 0.5) is 0 Å². The van der Waals surface area contributed by atoms with E-state index in [9.17, 15) is 15.3 Å². The lowest BCUT2D eigenvalue weighted by molar-refractivity contribution is 0.141. The first-order valence-corrected chi connectivity index (χ1v) is 18.0. The van der Waals surface area contributed by atoms with Gasteiger partial charge in [-0.1, -0.05) is 167 Å². The summed E-state index contributed by atoms with van der Waals surface area (Å²) < 4.78 is 0. The average molecular weight is 615 g/mol. The molecule has 0 aliphatic rings. The van der Waals surface area contributed by atoms with E-state index in [4.69, 9.17) is 21.7 Å². The van der Waals surface area contributed by atoms with Crippen molar-refractivity contribution in [2.45, 2.75) is 192 Å². The molecule has 0 rings (SSSR count). The third-order valence-corrected chi connectivity index (χ3v) is 7.99. The monoisotopic (exact) mass is 615 g/mol. The first kappa shape index (κ1) is 44.3. The molecule has 0 aliphatic heterocycles. The highest BCUT2D eigenvalue weighted by Gasteiger charge is 2.10. The van der Waals surface area contributed by atoms with Gasteiger partial charge in [0.25, 0.3) is 0 Å². The maximum absolute atomic E-state index is 9.77. The van der Waals surface area contributed by atoms with Gasteiger partial charge in [0.1, 0.15) is 0 Å². The molecule has 0 amide bonds. The van der Waals surface area contributed by atoms with Gasteiger partial charge in [-0.05, 0) is 19.3 Å². The van der Waals surface area contributed by atoms with E-state index in [1.54, 1.807) is 12.2 Å². The quantitative estimate of drug-likeness (QED) is 0.0346.